The summed E-state index contributed by atoms with van der Waals surface area (Å²) in [7, 11) is -8.24. The van der Waals surface area contributed by atoms with Crippen LogP contribution in [0, 0.1) is 0 Å². The van der Waals surface area contributed by atoms with E-state index in [9.17, 15) is 25.9 Å². The molecule has 178 valence electrons. The van der Waals surface area contributed by atoms with Gasteiger partial charge in [-0.2, -0.15) is 0 Å². The van der Waals surface area contributed by atoms with Gasteiger partial charge in [-0.3, -0.25) is 0 Å². The predicted octanol–water partition coefficient (Wildman–Crippen LogP) is -2.99. The topological polar surface area (TPSA) is 136 Å². The van der Waals surface area contributed by atoms with Gasteiger partial charge in [-0.05, 0) is 45.5 Å². The minimum absolute atomic E-state index is 0. The van der Waals surface area contributed by atoms with Crippen LogP contribution in [0.5, 0.6) is 0 Å². The molecule has 8 nitrogen and oxygen atoms in total. The SMILES string of the molecule is COCc1cccc2c1C(c1ccc(C=Cc3ccc(S(=O)(=O)[O-])cc3S(=O)(=O)[O-])cc1)NC2.[Na+].[Na+]. The molecule has 3 aromatic carbocycles. The number of benzene rings is 3. The quantitative estimate of drug-likeness (QED) is 0.189. The van der Waals surface area contributed by atoms with E-state index < -0.39 is 30.0 Å². The molecule has 0 bridgehead atoms. The van der Waals surface area contributed by atoms with Crippen molar-refractivity contribution in [3.05, 3.63) is 94.0 Å². The Balaban J connectivity index is 0.00000228. The maximum Gasteiger partial charge on any atom is 1.00 e. The average molecular weight is 546 g/mol. The Kier molecular flexibility index (Phi) is 11.1. The second-order valence-corrected chi connectivity index (χ2v) is 10.6. The molecule has 0 fully saturated rings. The molecule has 1 atom stereocenters. The first kappa shape index (κ1) is 31.4. The number of fused-ring (bicyclic) bond motifs is 1. The van der Waals surface area contributed by atoms with Crippen LogP contribution in [0.25, 0.3) is 12.2 Å². The third kappa shape index (κ3) is 7.16. The van der Waals surface area contributed by atoms with Crippen molar-refractivity contribution >= 4 is 32.4 Å². The van der Waals surface area contributed by atoms with Crippen molar-refractivity contribution < 1.29 is 89.8 Å². The molecule has 0 spiro atoms. The molecule has 4 rings (SSSR count). The third-order valence-corrected chi connectivity index (χ3v) is 7.36. The summed E-state index contributed by atoms with van der Waals surface area (Å²) in [6, 6.07) is 16.5. The van der Waals surface area contributed by atoms with Crippen molar-refractivity contribution in [3.8, 4) is 0 Å². The zero-order valence-electron chi connectivity index (χ0n) is 20.1. The van der Waals surface area contributed by atoms with Crippen LogP contribution in [-0.2, 0) is 38.1 Å². The number of ether oxygens (including phenoxy) is 1. The van der Waals surface area contributed by atoms with E-state index in [4.69, 9.17) is 4.74 Å². The number of rotatable bonds is 7. The van der Waals surface area contributed by atoms with Gasteiger partial charge in [-0.15, -0.1) is 0 Å². The molecule has 0 radical (unpaired) electrons. The number of nitrogens with one attached hydrogen (secondary N) is 1. The van der Waals surface area contributed by atoms with Crippen molar-refractivity contribution in [1.29, 1.82) is 0 Å². The molecule has 1 unspecified atom stereocenters. The fraction of sp³-hybridized carbons (Fsp3) is 0.167. The third-order valence-electron chi connectivity index (χ3n) is 5.64. The van der Waals surface area contributed by atoms with Gasteiger partial charge in [0.1, 0.15) is 20.2 Å². The first-order valence-corrected chi connectivity index (χ1v) is 13.1. The molecule has 0 amide bonds. The van der Waals surface area contributed by atoms with Gasteiger partial charge in [0.2, 0.25) is 0 Å². The molecule has 1 N–H and O–H groups in total. The average Bonchev–Trinajstić information content (AvgIpc) is 3.22. The summed E-state index contributed by atoms with van der Waals surface area (Å²) in [5, 5.41) is 3.51. The molecule has 0 aliphatic carbocycles. The minimum Gasteiger partial charge on any atom is -0.744 e. The Morgan fingerprint density at radius 3 is 2.25 bits per heavy atom. The van der Waals surface area contributed by atoms with E-state index in [2.05, 4.69) is 11.4 Å². The molecule has 1 aliphatic rings. The van der Waals surface area contributed by atoms with E-state index in [0.717, 1.165) is 35.4 Å². The van der Waals surface area contributed by atoms with Crippen LogP contribution in [0.2, 0.25) is 0 Å². The standard InChI is InChI=1S/C24H23NO7S2.2Na/c1-32-15-20-4-2-3-19-14-25-24(23(19)20)18-9-6-16(7-10-18)5-8-17-11-12-21(33(26,27)28)13-22(17)34(29,30)31;;/h2-13,24-25H,14-15H2,1H3,(H,26,27,28)(H,29,30,31);;/q;2*+1/p-2. The molecule has 0 aromatic heterocycles. The summed E-state index contributed by atoms with van der Waals surface area (Å²) in [6.07, 6.45) is 2.99. The van der Waals surface area contributed by atoms with Gasteiger partial charge >= 0.3 is 59.1 Å². The summed E-state index contributed by atoms with van der Waals surface area (Å²) in [5.74, 6) is 0. The molecular formula is C24H21NNa2O7S2. The van der Waals surface area contributed by atoms with Crippen LogP contribution in [-0.4, -0.2) is 33.1 Å². The first-order valence-electron chi connectivity index (χ1n) is 10.2. The van der Waals surface area contributed by atoms with Crippen molar-refractivity contribution in [1.82, 2.24) is 5.32 Å². The second-order valence-electron chi connectivity index (χ2n) is 7.84. The molecule has 0 saturated heterocycles. The van der Waals surface area contributed by atoms with Crippen molar-refractivity contribution in [2.75, 3.05) is 7.11 Å². The summed E-state index contributed by atoms with van der Waals surface area (Å²) >= 11 is 0. The maximum absolute atomic E-state index is 11.6. The summed E-state index contributed by atoms with van der Waals surface area (Å²) in [4.78, 5) is -1.55. The molecular weight excluding hydrogens is 524 g/mol. The van der Waals surface area contributed by atoms with Crippen LogP contribution in [0.1, 0.15) is 39.4 Å². The number of methoxy groups -OCH3 is 1. The van der Waals surface area contributed by atoms with Crippen molar-refractivity contribution in [2.45, 2.75) is 29.0 Å². The largest absolute Gasteiger partial charge is 1.00 e. The van der Waals surface area contributed by atoms with Gasteiger partial charge in [-0.25, -0.2) is 16.8 Å². The van der Waals surface area contributed by atoms with Crippen LogP contribution in [0.4, 0.5) is 0 Å². The second kappa shape index (κ2) is 12.8. The van der Waals surface area contributed by atoms with Crippen LogP contribution in [0.3, 0.4) is 0 Å². The van der Waals surface area contributed by atoms with E-state index in [1.54, 1.807) is 13.2 Å². The molecule has 12 heteroatoms. The van der Waals surface area contributed by atoms with Gasteiger partial charge in [0.25, 0.3) is 0 Å². The van der Waals surface area contributed by atoms with Crippen LogP contribution in [0.15, 0.2) is 70.5 Å². The molecule has 1 aliphatic heterocycles. The smallest absolute Gasteiger partial charge is 0.744 e. The molecule has 0 saturated carbocycles. The van der Waals surface area contributed by atoms with Gasteiger partial charge in [0.15, 0.2) is 0 Å². The van der Waals surface area contributed by atoms with Crippen LogP contribution >= 0.6 is 0 Å². The molecule has 1 heterocycles. The maximum atomic E-state index is 11.6. The molecule has 3 aromatic rings. The Bertz CT molecular complexity index is 1470. The van der Waals surface area contributed by atoms with Crippen molar-refractivity contribution in [2.24, 2.45) is 0 Å². The van der Waals surface area contributed by atoms with Gasteiger partial charge in [-0.1, -0.05) is 60.7 Å². The van der Waals surface area contributed by atoms with E-state index >= 15 is 0 Å². The summed E-state index contributed by atoms with van der Waals surface area (Å²) in [5.41, 5.74) is 5.31. The Labute approximate surface area is 255 Å². The fourth-order valence-electron chi connectivity index (χ4n) is 4.08. The molecule has 36 heavy (non-hydrogen) atoms. The van der Waals surface area contributed by atoms with Crippen molar-refractivity contribution in [3.63, 3.8) is 0 Å². The number of hydrogen-bond acceptors (Lipinski definition) is 8. The Morgan fingerprint density at radius 1 is 0.944 bits per heavy atom. The Hall–Kier alpha value is -0.860. The van der Waals surface area contributed by atoms with Crippen LogP contribution < -0.4 is 64.4 Å². The summed E-state index contributed by atoms with van der Waals surface area (Å²) < 4.78 is 73.7. The predicted molar refractivity (Wildman–Crippen MR) is 124 cm³/mol. The Morgan fingerprint density at radius 2 is 1.64 bits per heavy atom. The minimum atomic E-state index is -5.00. The summed E-state index contributed by atoms with van der Waals surface area (Å²) in [6.45, 7) is 1.26. The number of hydrogen-bond donors (Lipinski definition) is 1. The zero-order valence-corrected chi connectivity index (χ0v) is 25.7. The van der Waals surface area contributed by atoms with E-state index in [1.807, 2.05) is 36.4 Å². The van der Waals surface area contributed by atoms with Gasteiger partial charge in [0, 0.05) is 13.7 Å². The van der Waals surface area contributed by atoms with E-state index in [-0.39, 0.29) is 70.7 Å². The van der Waals surface area contributed by atoms with E-state index in [1.165, 1.54) is 17.2 Å². The monoisotopic (exact) mass is 545 g/mol. The van der Waals surface area contributed by atoms with Gasteiger partial charge < -0.3 is 19.2 Å². The van der Waals surface area contributed by atoms with E-state index in [0.29, 0.717) is 12.7 Å². The first-order chi connectivity index (χ1) is 16.1. The fourth-order valence-corrected chi connectivity index (χ4v) is 5.35. The normalized spacial score (nSPS) is 15.2. The zero-order chi connectivity index (χ0) is 24.5. The van der Waals surface area contributed by atoms with Gasteiger partial charge in [0.05, 0.1) is 22.4 Å².